The number of hydrogen-bond donors (Lipinski definition) is 0. The van der Waals surface area contributed by atoms with Crippen molar-refractivity contribution in [2.45, 2.75) is 85.5 Å². The van der Waals surface area contributed by atoms with Crippen molar-refractivity contribution < 1.29 is 4.79 Å². The molecule has 4 saturated carbocycles. The fourth-order valence-corrected chi connectivity index (χ4v) is 8.04. The third-order valence-corrected chi connectivity index (χ3v) is 8.80. The molecule has 6 unspecified atom stereocenters. The minimum Gasteiger partial charge on any atom is -0.299 e. The number of carbonyl (C=O) groups excluding carboxylic acids is 1. The Bertz CT molecular complexity index is 492. The first kappa shape index (κ1) is 15.2. The normalized spacial score (nSPS) is 53.5. The summed E-state index contributed by atoms with van der Waals surface area (Å²) < 4.78 is 0. The van der Waals surface area contributed by atoms with E-state index in [1.807, 2.05) is 0 Å². The minimum absolute atomic E-state index is 0.228. The van der Waals surface area contributed by atoms with Gasteiger partial charge in [-0.25, -0.2) is 0 Å². The number of rotatable bonds is 0. The Morgan fingerprint density at radius 1 is 0.864 bits per heavy atom. The molecular formula is C21H34O. The van der Waals surface area contributed by atoms with E-state index in [1.54, 1.807) is 0 Å². The maximum absolute atomic E-state index is 13.2. The van der Waals surface area contributed by atoms with Crippen LogP contribution >= 0.6 is 0 Å². The molecule has 0 saturated heterocycles. The van der Waals surface area contributed by atoms with Crippen LogP contribution in [0.15, 0.2) is 0 Å². The van der Waals surface area contributed by atoms with Gasteiger partial charge in [0.15, 0.2) is 0 Å². The van der Waals surface area contributed by atoms with Crippen LogP contribution in [0.5, 0.6) is 0 Å². The highest BCUT2D eigenvalue weighted by atomic mass is 16.1. The molecule has 0 bridgehead atoms. The van der Waals surface area contributed by atoms with Gasteiger partial charge in [-0.2, -0.15) is 0 Å². The molecule has 0 heterocycles. The number of ketones is 1. The standard InChI is InChI=1S/C21H34O/c1-19(2)9-6-11-21(4)16-8-12-20(3)10-5-7-15(20)14(16)13-17(22)18(19)21/h14-16,18H,5-13H2,1-4H3. The van der Waals surface area contributed by atoms with E-state index in [2.05, 4.69) is 27.7 Å². The molecule has 0 N–H and O–H groups in total. The Kier molecular flexibility index (Phi) is 3.18. The predicted octanol–water partition coefficient (Wildman–Crippen LogP) is 5.62. The molecule has 0 aliphatic heterocycles. The average molecular weight is 303 g/mol. The van der Waals surface area contributed by atoms with E-state index in [4.69, 9.17) is 0 Å². The summed E-state index contributed by atoms with van der Waals surface area (Å²) >= 11 is 0. The number of Topliss-reactive ketones (excluding diaryl/α,β-unsaturated/α-hetero) is 1. The molecule has 4 fully saturated rings. The van der Waals surface area contributed by atoms with Crippen LogP contribution in [0.4, 0.5) is 0 Å². The van der Waals surface area contributed by atoms with E-state index in [0.29, 0.717) is 28.4 Å². The summed E-state index contributed by atoms with van der Waals surface area (Å²) in [6.45, 7) is 9.78. The van der Waals surface area contributed by atoms with Crippen LogP contribution in [0.2, 0.25) is 0 Å². The van der Waals surface area contributed by atoms with Gasteiger partial charge < -0.3 is 0 Å². The fraction of sp³-hybridized carbons (Fsp3) is 0.952. The summed E-state index contributed by atoms with van der Waals surface area (Å²) in [5.41, 5.74) is 1.09. The van der Waals surface area contributed by atoms with Crippen molar-refractivity contribution >= 4 is 5.78 Å². The van der Waals surface area contributed by atoms with Crippen LogP contribution in [0.3, 0.4) is 0 Å². The largest absolute Gasteiger partial charge is 0.299 e. The van der Waals surface area contributed by atoms with Gasteiger partial charge in [-0.1, -0.05) is 40.5 Å². The molecule has 1 nitrogen and oxygen atoms in total. The van der Waals surface area contributed by atoms with E-state index >= 15 is 0 Å². The molecule has 124 valence electrons. The number of fused-ring (bicyclic) bond motifs is 5. The van der Waals surface area contributed by atoms with Gasteiger partial charge in [0.1, 0.15) is 5.78 Å². The van der Waals surface area contributed by atoms with E-state index in [1.165, 1.54) is 51.4 Å². The van der Waals surface area contributed by atoms with Gasteiger partial charge in [0.05, 0.1) is 0 Å². The van der Waals surface area contributed by atoms with Crippen molar-refractivity contribution in [2.24, 2.45) is 39.9 Å². The van der Waals surface area contributed by atoms with Gasteiger partial charge in [0.25, 0.3) is 0 Å². The lowest BCUT2D eigenvalue weighted by molar-refractivity contribution is -0.166. The third kappa shape index (κ3) is 1.86. The Labute approximate surface area is 136 Å². The second-order valence-corrected chi connectivity index (χ2v) is 10.4. The van der Waals surface area contributed by atoms with Gasteiger partial charge >= 0.3 is 0 Å². The van der Waals surface area contributed by atoms with Crippen LogP contribution in [-0.4, -0.2) is 5.78 Å². The number of hydrogen-bond acceptors (Lipinski definition) is 1. The molecule has 0 aromatic carbocycles. The quantitative estimate of drug-likeness (QED) is 0.567. The lowest BCUT2D eigenvalue weighted by Gasteiger charge is -2.62. The molecule has 1 heteroatoms. The first-order chi connectivity index (χ1) is 10.3. The van der Waals surface area contributed by atoms with Gasteiger partial charge in [-0.05, 0) is 72.5 Å². The first-order valence-electron chi connectivity index (χ1n) is 9.81. The predicted molar refractivity (Wildman–Crippen MR) is 90.5 cm³/mol. The van der Waals surface area contributed by atoms with E-state index in [-0.39, 0.29) is 5.41 Å². The van der Waals surface area contributed by atoms with Crippen molar-refractivity contribution in [3.63, 3.8) is 0 Å². The summed E-state index contributed by atoms with van der Waals surface area (Å²) in [5.74, 6) is 3.35. The maximum Gasteiger partial charge on any atom is 0.137 e. The van der Waals surface area contributed by atoms with Crippen LogP contribution in [0.25, 0.3) is 0 Å². The first-order valence-corrected chi connectivity index (χ1v) is 9.81. The lowest BCUT2D eigenvalue weighted by Crippen LogP contribution is -2.59. The third-order valence-electron chi connectivity index (χ3n) is 8.80. The molecule has 4 aliphatic rings. The van der Waals surface area contributed by atoms with Gasteiger partial charge in [-0.15, -0.1) is 0 Å². The topological polar surface area (TPSA) is 17.1 Å². The van der Waals surface area contributed by atoms with E-state index in [9.17, 15) is 4.79 Å². The fourth-order valence-electron chi connectivity index (χ4n) is 8.04. The molecule has 0 aromatic heterocycles. The van der Waals surface area contributed by atoms with Crippen LogP contribution in [0.1, 0.15) is 85.5 Å². The summed E-state index contributed by atoms with van der Waals surface area (Å²) in [4.78, 5) is 13.2. The van der Waals surface area contributed by atoms with Gasteiger partial charge in [0.2, 0.25) is 0 Å². The van der Waals surface area contributed by atoms with Crippen LogP contribution in [0, 0.1) is 39.9 Å². The molecule has 22 heavy (non-hydrogen) atoms. The van der Waals surface area contributed by atoms with Gasteiger partial charge in [0, 0.05) is 12.3 Å². The zero-order chi connectivity index (χ0) is 15.8. The molecular weight excluding hydrogens is 268 g/mol. The highest BCUT2D eigenvalue weighted by Crippen LogP contribution is 2.67. The highest BCUT2D eigenvalue weighted by molar-refractivity contribution is 5.84. The molecule has 0 amide bonds. The summed E-state index contributed by atoms with van der Waals surface area (Å²) in [6.07, 6.45) is 11.8. The van der Waals surface area contributed by atoms with Gasteiger partial charge in [-0.3, -0.25) is 4.79 Å². The number of carbonyl (C=O) groups is 1. The Balaban J connectivity index is 1.73. The zero-order valence-electron chi connectivity index (χ0n) is 15.1. The zero-order valence-corrected chi connectivity index (χ0v) is 15.1. The summed E-state index contributed by atoms with van der Waals surface area (Å²) in [6, 6.07) is 0. The second kappa shape index (κ2) is 4.61. The second-order valence-electron chi connectivity index (χ2n) is 10.4. The maximum atomic E-state index is 13.2. The van der Waals surface area contributed by atoms with Crippen LogP contribution < -0.4 is 0 Å². The molecule has 6 atom stereocenters. The Hall–Kier alpha value is -0.330. The summed E-state index contributed by atoms with van der Waals surface area (Å²) in [7, 11) is 0. The van der Waals surface area contributed by atoms with Crippen molar-refractivity contribution in [3.8, 4) is 0 Å². The lowest BCUT2D eigenvalue weighted by atomic mass is 9.41. The smallest absolute Gasteiger partial charge is 0.137 e. The molecule has 0 spiro atoms. The molecule has 0 radical (unpaired) electrons. The SMILES string of the molecule is CC1(C)CCCC2(C)C3CCC4(C)CCCC4C3CC(=O)C12. The molecule has 4 aliphatic carbocycles. The highest BCUT2D eigenvalue weighted by Gasteiger charge is 2.62. The summed E-state index contributed by atoms with van der Waals surface area (Å²) in [5, 5.41) is 0. The van der Waals surface area contributed by atoms with E-state index < -0.39 is 0 Å². The average Bonchev–Trinajstić information content (AvgIpc) is 2.79. The minimum atomic E-state index is 0.228. The van der Waals surface area contributed by atoms with Crippen molar-refractivity contribution in [1.29, 1.82) is 0 Å². The van der Waals surface area contributed by atoms with Crippen molar-refractivity contribution in [2.75, 3.05) is 0 Å². The van der Waals surface area contributed by atoms with Crippen molar-refractivity contribution in [1.82, 2.24) is 0 Å². The van der Waals surface area contributed by atoms with Crippen LogP contribution in [-0.2, 0) is 4.79 Å². The monoisotopic (exact) mass is 302 g/mol. The molecule has 0 aromatic rings. The van der Waals surface area contributed by atoms with Crippen molar-refractivity contribution in [3.05, 3.63) is 0 Å². The van der Waals surface area contributed by atoms with E-state index in [0.717, 1.165) is 18.3 Å². The Morgan fingerprint density at radius 2 is 1.64 bits per heavy atom. The molecule has 4 rings (SSSR count). The Morgan fingerprint density at radius 3 is 2.41 bits per heavy atom.